The summed E-state index contributed by atoms with van der Waals surface area (Å²) in [4.78, 5) is 4.09. The molecule has 0 fully saturated rings. The largest absolute Gasteiger partial charge is 1.00 e. The quantitative estimate of drug-likeness (QED) is 0.108. The van der Waals surface area contributed by atoms with Crippen LogP contribution < -0.4 is 34.7 Å². The molecule has 32 heavy (non-hydrogen) atoms. The summed E-state index contributed by atoms with van der Waals surface area (Å²) in [5.74, 6) is -0.0532. The minimum absolute atomic E-state index is 0. The molecule has 0 heterocycles. The maximum absolute atomic E-state index is 11.8. The van der Waals surface area contributed by atoms with E-state index in [1.54, 1.807) is 0 Å². The summed E-state index contributed by atoms with van der Waals surface area (Å²) in [6.45, 7) is 2.13. The summed E-state index contributed by atoms with van der Waals surface area (Å²) in [5, 5.41) is 11.8. The van der Waals surface area contributed by atoms with Gasteiger partial charge in [-0.3, -0.25) is 9.55 Å². The van der Waals surface area contributed by atoms with E-state index in [2.05, 4.69) is 11.9 Å². The molecule has 0 aliphatic carbocycles. The fourth-order valence-corrected chi connectivity index (χ4v) is 4.16. The molecule has 0 aromatic heterocycles. The summed E-state index contributed by atoms with van der Waals surface area (Å²) in [6, 6.07) is 9.33. The van der Waals surface area contributed by atoms with E-state index < -0.39 is 16.5 Å². The van der Waals surface area contributed by atoms with Crippen molar-refractivity contribution in [1.82, 2.24) is 0 Å². The smallest absolute Gasteiger partial charge is 0.862 e. The standard InChI is InChI=1S/C24H41NO5S.Na/c1-2-3-4-14-19-23(30-31(27,28)29)20-15-9-7-5-6-8-10-16-21-24(26)25-22-17-12-11-13-18-22;/h11-13,17-18,23H,2-10,14-16,19-21H2,1H3,(H,25,26)(H,27,28,29);/q;+1/p-1. The van der Waals surface area contributed by atoms with Crippen molar-refractivity contribution in [3.8, 4) is 0 Å². The van der Waals surface area contributed by atoms with E-state index in [0.717, 1.165) is 82.7 Å². The number of para-hydroxylation sites is 1. The summed E-state index contributed by atoms with van der Waals surface area (Å²) in [6.07, 6.45) is 14.1. The first-order chi connectivity index (χ1) is 14.9. The molecule has 0 spiro atoms. The molecule has 178 valence electrons. The number of nitrogens with zero attached hydrogens (tertiary/aromatic N) is 1. The van der Waals surface area contributed by atoms with E-state index in [-0.39, 0.29) is 35.5 Å². The molecule has 0 saturated heterocycles. The van der Waals surface area contributed by atoms with Crippen LogP contribution in [0.15, 0.2) is 35.3 Å². The van der Waals surface area contributed by atoms with Gasteiger partial charge in [-0.05, 0) is 43.7 Å². The van der Waals surface area contributed by atoms with Gasteiger partial charge in [0.2, 0.25) is 0 Å². The van der Waals surface area contributed by atoms with Gasteiger partial charge in [0.25, 0.3) is 0 Å². The molecule has 8 heteroatoms. The van der Waals surface area contributed by atoms with Crippen LogP contribution in [0.2, 0.25) is 0 Å². The predicted octanol–water partition coefficient (Wildman–Crippen LogP) is 3.14. The molecule has 0 amide bonds. The molecule has 1 aromatic carbocycles. The minimum Gasteiger partial charge on any atom is -0.862 e. The normalized spacial score (nSPS) is 13.0. The van der Waals surface area contributed by atoms with Crippen LogP contribution >= 0.6 is 0 Å². The fourth-order valence-electron chi connectivity index (χ4n) is 3.62. The van der Waals surface area contributed by atoms with Crippen LogP contribution in [0, 0.1) is 0 Å². The van der Waals surface area contributed by atoms with Crippen molar-refractivity contribution in [2.24, 2.45) is 4.99 Å². The first-order valence-electron chi connectivity index (χ1n) is 11.9. The van der Waals surface area contributed by atoms with Gasteiger partial charge < -0.3 is 5.11 Å². The van der Waals surface area contributed by atoms with Crippen LogP contribution in [0.4, 0.5) is 5.69 Å². The summed E-state index contributed by atoms with van der Waals surface area (Å²) in [7, 11) is -4.38. The average Bonchev–Trinajstić information content (AvgIpc) is 2.72. The molecule has 1 atom stereocenters. The van der Waals surface area contributed by atoms with Gasteiger partial charge in [-0.15, -0.1) is 0 Å². The maximum Gasteiger partial charge on any atom is 1.00 e. The molecule has 1 aromatic rings. The van der Waals surface area contributed by atoms with Crippen molar-refractivity contribution in [2.45, 2.75) is 109 Å². The molecule has 0 bridgehead atoms. The van der Waals surface area contributed by atoms with Gasteiger partial charge in [-0.25, -0.2) is 4.18 Å². The van der Waals surface area contributed by atoms with Crippen LogP contribution in [0.3, 0.4) is 0 Å². The van der Waals surface area contributed by atoms with Crippen LogP contribution in [0.25, 0.3) is 0 Å². The topological polar surface area (TPSA) is 99.0 Å². The Balaban J connectivity index is 0.00000961. The molecule has 1 rings (SSSR count). The first kappa shape index (κ1) is 31.6. The number of rotatable bonds is 19. The predicted molar refractivity (Wildman–Crippen MR) is 125 cm³/mol. The fraction of sp³-hybridized carbons (Fsp3) is 0.708. The zero-order chi connectivity index (χ0) is 22.8. The van der Waals surface area contributed by atoms with E-state index in [4.69, 9.17) is 8.74 Å². The van der Waals surface area contributed by atoms with Crippen molar-refractivity contribution in [2.75, 3.05) is 0 Å². The molecule has 1 N–H and O–H groups in total. The van der Waals surface area contributed by atoms with E-state index in [1.165, 1.54) is 0 Å². The molecule has 0 saturated carbocycles. The van der Waals surface area contributed by atoms with Gasteiger partial charge in [0.15, 0.2) is 0 Å². The Bertz CT molecular complexity index is 698. The number of aliphatic imine (C=N–C) groups is 1. The van der Waals surface area contributed by atoms with Gasteiger partial charge in [0.1, 0.15) is 0 Å². The third-order valence-electron chi connectivity index (χ3n) is 5.31. The van der Waals surface area contributed by atoms with Crippen molar-refractivity contribution in [3.63, 3.8) is 0 Å². The second kappa shape index (κ2) is 20.0. The Kier molecular flexibility index (Phi) is 19.7. The van der Waals surface area contributed by atoms with Crippen LogP contribution in [0.1, 0.15) is 103 Å². The SMILES string of the molecule is CCCCCCC(CCCCCCCCCCC([O-])=Nc1ccccc1)OS(=O)(=O)O.[Na+]. The van der Waals surface area contributed by atoms with Crippen molar-refractivity contribution in [1.29, 1.82) is 0 Å². The Morgan fingerprint density at radius 1 is 0.906 bits per heavy atom. The third kappa shape index (κ3) is 19.1. The molecular weight excluding hydrogens is 437 g/mol. The van der Waals surface area contributed by atoms with Crippen molar-refractivity contribution >= 4 is 22.0 Å². The third-order valence-corrected chi connectivity index (χ3v) is 5.83. The molecule has 1 unspecified atom stereocenters. The second-order valence-electron chi connectivity index (χ2n) is 8.20. The van der Waals surface area contributed by atoms with Gasteiger partial charge in [0.05, 0.1) is 11.8 Å². The van der Waals surface area contributed by atoms with Crippen LogP contribution in [-0.2, 0) is 14.6 Å². The van der Waals surface area contributed by atoms with Gasteiger partial charge in [-0.2, -0.15) is 8.42 Å². The van der Waals surface area contributed by atoms with Gasteiger partial charge in [0, 0.05) is 0 Å². The van der Waals surface area contributed by atoms with Crippen molar-refractivity contribution in [3.05, 3.63) is 30.3 Å². The number of unbranched alkanes of at least 4 members (excludes halogenated alkanes) is 10. The van der Waals surface area contributed by atoms with Gasteiger partial charge >= 0.3 is 40.0 Å². The Hall–Kier alpha value is -0.440. The number of hydrogen-bond acceptors (Lipinski definition) is 5. The van der Waals surface area contributed by atoms with Crippen molar-refractivity contribution < 1.29 is 51.8 Å². The van der Waals surface area contributed by atoms with Crippen LogP contribution in [0.5, 0.6) is 0 Å². The second-order valence-corrected chi connectivity index (χ2v) is 9.25. The number of hydrogen-bond donors (Lipinski definition) is 1. The summed E-state index contributed by atoms with van der Waals surface area (Å²) < 4.78 is 35.9. The zero-order valence-electron chi connectivity index (χ0n) is 20.0. The van der Waals surface area contributed by atoms with E-state index >= 15 is 0 Å². The van der Waals surface area contributed by atoms with E-state index in [1.807, 2.05) is 30.3 Å². The molecular formula is C24H40NNaO5S. The monoisotopic (exact) mass is 477 g/mol. The average molecular weight is 478 g/mol. The zero-order valence-corrected chi connectivity index (χ0v) is 22.8. The number of benzene rings is 1. The van der Waals surface area contributed by atoms with Gasteiger partial charge in [-0.1, -0.05) is 95.8 Å². The molecule has 6 nitrogen and oxygen atoms in total. The summed E-state index contributed by atoms with van der Waals surface area (Å²) >= 11 is 0. The Morgan fingerprint density at radius 3 is 1.94 bits per heavy atom. The first-order valence-corrected chi connectivity index (χ1v) is 13.2. The van der Waals surface area contributed by atoms with E-state index in [0.29, 0.717) is 19.3 Å². The van der Waals surface area contributed by atoms with Crippen LogP contribution in [-0.4, -0.2) is 25.0 Å². The molecule has 0 aliphatic rings. The maximum atomic E-state index is 11.8. The molecule has 0 radical (unpaired) electrons. The summed E-state index contributed by atoms with van der Waals surface area (Å²) in [5.41, 5.74) is 0.720. The minimum atomic E-state index is -4.38. The molecule has 0 aliphatic heterocycles. The Morgan fingerprint density at radius 2 is 1.41 bits per heavy atom. The Labute approximate surface area is 217 Å². The van der Waals surface area contributed by atoms with E-state index in [9.17, 15) is 13.5 Å².